The molecule has 1 rings (SSSR count). The summed E-state index contributed by atoms with van der Waals surface area (Å²) in [5.41, 5.74) is 5.16. The molecule has 0 aliphatic carbocycles. The van der Waals surface area contributed by atoms with E-state index in [1.54, 1.807) is 12.4 Å². The molecule has 0 saturated carbocycles. The quantitative estimate of drug-likeness (QED) is 0.504. The number of hydrogen-bond acceptors (Lipinski definition) is 5. The van der Waals surface area contributed by atoms with Crippen molar-refractivity contribution in [3.8, 4) is 0 Å². The minimum atomic E-state index is -1.12. The lowest BCUT2D eigenvalue weighted by molar-refractivity contribution is 0.00312. The zero-order chi connectivity index (χ0) is 16.1. The molecule has 0 bridgehead atoms. The first-order valence-corrected chi connectivity index (χ1v) is 11.5. The highest BCUT2D eigenvalue weighted by Gasteiger charge is 2.42. The standard InChI is InChI=1S/C15H31N3O2Si/c1-12(2)10-13(16)14(19)15(17-6-7-18-15)11-20-8-9-21(3,4)5/h6-7,12-14,19H,8-11,16H2,1-5H3/t13?,14-/m1/s1. The fourth-order valence-corrected chi connectivity index (χ4v) is 3.04. The molecule has 6 heteroatoms. The number of hydrogen-bond donors (Lipinski definition) is 2. The summed E-state index contributed by atoms with van der Waals surface area (Å²) in [5, 5.41) is 10.6. The topological polar surface area (TPSA) is 80.2 Å². The lowest BCUT2D eigenvalue weighted by Gasteiger charge is -2.33. The Bertz CT molecular complexity index is 366. The van der Waals surface area contributed by atoms with Crippen molar-refractivity contribution >= 4 is 20.5 Å². The van der Waals surface area contributed by atoms with E-state index in [4.69, 9.17) is 10.5 Å². The second-order valence-corrected chi connectivity index (χ2v) is 13.2. The van der Waals surface area contributed by atoms with E-state index in [0.29, 0.717) is 12.5 Å². The van der Waals surface area contributed by atoms with Crippen molar-refractivity contribution in [3.05, 3.63) is 0 Å². The van der Waals surface area contributed by atoms with Gasteiger partial charge in [0.2, 0.25) is 0 Å². The van der Waals surface area contributed by atoms with Crippen molar-refractivity contribution in [2.45, 2.75) is 63.8 Å². The average Bonchev–Trinajstić information content (AvgIpc) is 2.81. The van der Waals surface area contributed by atoms with Crippen LogP contribution in [0.15, 0.2) is 9.98 Å². The molecule has 0 saturated heterocycles. The molecule has 3 N–H and O–H groups in total. The van der Waals surface area contributed by atoms with Gasteiger partial charge in [0, 0.05) is 33.2 Å². The van der Waals surface area contributed by atoms with Crippen molar-refractivity contribution in [1.29, 1.82) is 0 Å². The largest absolute Gasteiger partial charge is 0.387 e. The Hall–Kier alpha value is -0.563. The molecule has 122 valence electrons. The van der Waals surface area contributed by atoms with E-state index in [9.17, 15) is 5.11 Å². The van der Waals surface area contributed by atoms with Crippen LogP contribution in [0.4, 0.5) is 0 Å². The minimum Gasteiger partial charge on any atom is -0.387 e. The van der Waals surface area contributed by atoms with Gasteiger partial charge < -0.3 is 15.6 Å². The number of aliphatic hydroxyl groups excluding tert-OH is 1. The Morgan fingerprint density at radius 3 is 2.29 bits per heavy atom. The van der Waals surface area contributed by atoms with Gasteiger partial charge in [0.15, 0.2) is 5.66 Å². The Kier molecular flexibility index (Phi) is 6.71. The molecule has 0 aromatic rings. The van der Waals surface area contributed by atoms with Gasteiger partial charge in [-0.05, 0) is 18.4 Å². The van der Waals surface area contributed by atoms with Crippen molar-refractivity contribution in [2.75, 3.05) is 13.2 Å². The Balaban J connectivity index is 2.59. The molecule has 1 aliphatic heterocycles. The summed E-state index contributed by atoms with van der Waals surface area (Å²) >= 11 is 0. The van der Waals surface area contributed by atoms with E-state index in [1.165, 1.54) is 0 Å². The number of aliphatic hydroxyl groups is 1. The highest BCUT2D eigenvalue weighted by atomic mass is 28.3. The molecular formula is C15H31N3O2Si. The maximum atomic E-state index is 10.6. The molecular weight excluding hydrogens is 282 g/mol. The van der Waals surface area contributed by atoms with Gasteiger partial charge in [-0.1, -0.05) is 33.5 Å². The lowest BCUT2D eigenvalue weighted by Crippen LogP contribution is -2.52. The zero-order valence-electron chi connectivity index (χ0n) is 14.0. The third kappa shape index (κ3) is 5.98. The highest BCUT2D eigenvalue weighted by Crippen LogP contribution is 2.25. The van der Waals surface area contributed by atoms with Gasteiger partial charge in [-0.3, -0.25) is 9.98 Å². The second-order valence-electron chi connectivity index (χ2n) is 7.54. The summed E-state index contributed by atoms with van der Waals surface area (Å²) in [7, 11) is -1.12. The Morgan fingerprint density at radius 2 is 1.81 bits per heavy atom. The summed E-state index contributed by atoms with van der Waals surface area (Å²) in [5.74, 6) is 0.425. The van der Waals surface area contributed by atoms with Crippen LogP contribution in [0.5, 0.6) is 0 Å². The predicted molar refractivity (Wildman–Crippen MR) is 92.1 cm³/mol. The van der Waals surface area contributed by atoms with Crippen molar-refractivity contribution in [3.63, 3.8) is 0 Å². The highest BCUT2D eigenvalue weighted by molar-refractivity contribution is 6.76. The number of rotatable bonds is 9. The van der Waals surface area contributed by atoms with Gasteiger partial charge in [-0.25, -0.2) is 0 Å². The van der Waals surface area contributed by atoms with E-state index < -0.39 is 19.8 Å². The maximum absolute atomic E-state index is 10.6. The fourth-order valence-electron chi connectivity index (χ4n) is 2.29. The van der Waals surface area contributed by atoms with E-state index in [1.807, 2.05) is 0 Å². The first-order valence-electron chi connectivity index (χ1n) is 7.77. The summed E-state index contributed by atoms with van der Waals surface area (Å²) in [6.45, 7) is 12.1. The van der Waals surface area contributed by atoms with Gasteiger partial charge in [-0.2, -0.15) is 0 Å². The van der Waals surface area contributed by atoms with Crippen molar-refractivity contribution in [2.24, 2.45) is 21.6 Å². The number of nitrogens with two attached hydrogens (primary N) is 1. The fraction of sp³-hybridized carbons (Fsp3) is 0.867. The molecule has 0 fully saturated rings. The minimum absolute atomic E-state index is 0.289. The van der Waals surface area contributed by atoms with Gasteiger partial charge >= 0.3 is 0 Å². The summed E-state index contributed by atoms with van der Waals surface area (Å²) in [6.07, 6.45) is 3.16. The molecule has 0 spiro atoms. The van der Waals surface area contributed by atoms with Gasteiger partial charge in [0.25, 0.3) is 0 Å². The normalized spacial score (nSPS) is 20.2. The van der Waals surface area contributed by atoms with Crippen LogP contribution in [-0.4, -0.2) is 56.6 Å². The monoisotopic (exact) mass is 313 g/mol. The van der Waals surface area contributed by atoms with E-state index in [-0.39, 0.29) is 12.6 Å². The third-order valence-corrected chi connectivity index (χ3v) is 5.30. The lowest BCUT2D eigenvalue weighted by atomic mass is 9.92. The summed E-state index contributed by atoms with van der Waals surface area (Å²) < 4.78 is 5.76. The molecule has 2 atom stereocenters. The van der Waals surface area contributed by atoms with Crippen molar-refractivity contribution in [1.82, 2.24) is 0 Å². The maximum Gasteiger partial charge on any atom is 0.200 e. The van der Waals surface area contributed by atoms with Gasteiger partial charge in [-0.15, -0.1) is 0 Å². The van der Waals surface area contributed by atoms with E-state index in [2.05, 4.69) is 43.5 Å². The zero-order valence-corrected chi connectivity index (χ0v) is 15.0. The smallest absolute Gasteiger partial charge is 0.200 e. The van der Waals surface area contributed by atoms with Gasteiger partial charge in [0.1, 0.15) is 6.10 Å². The first kappa shape index (κ1) is 18.5. The van der Waals surface area contributed by atoms with Crippen LogP contribution < -0.4 is 5.73 Å². The van der Waals surface area contributed by atoms with Gasteiger partial charge in [0.05, 0.1) is 6.61 Å². The summed E-state index contributed by atoms with van der Waals surface area (Å²) in [6, 6.07) is 0.739. The van der Waals surface area contributed by atoms with Crippen LogP contribution in [0, 0.1) is 5.92 Å². The van der Waals surface area contributed by atoms with Crippen LogP contribution in [-0.2, 0) is 4.74 Å². The molecule has 5 nitrogen and oxygen atoms in total. The number of aliphatic imine (C=N–C) groups is 2. The SMILES string of the molecule is CC(C)CC(N)[C@@H](O)C1(COCC[Si](C)(C)C)N=CC=N1. The molecule has 21 heavy (non-hydrogen) atoms. The summed E-state index contributed by atoms with van der Waals surface area (Å²) in [4.78, 5) is 8.68. The average molecular weight is 314 g/mol. The van der Waals surface area contributed by atoms with Crippen LogP contribution >= 0.6 is 0 Å². The van der Waals surface area contributed by atoms with Crippen LogP contribution in [0.1, 0.15) is 20.3 Å². The molecule has 1 aliphatic rings. The van der Waals surface area contributed by atoms with E-state index >= 15 is 0 Å². The Morgan fingerprint density at radius 1 is 1.24 bits per heavy atom. The van der Waals surface area contributed by atoms with E-state index in [0.717, 1.165) is 12.5 Å². The molecule has 0 amide bonds. The molecule has 1 unspecified atom stereocenters. The number of ether oxygens (including phenoxy) is 1. The number of nitrogens with zero attached hydrogens (tertiary/aromatic N) is 2. The third-order valence-electron chi connectivity index (χ3n) is 3.60. The van der Waals surface area contributed by atoms with Crippen LogP contribution in [0.3, 0.4) is 0 Å². The predicted octanol–water partition coefficient (Wildman–Crippen LogP) is 1.93. The Labute approximate surface area is 129 Å². The molecule has 0 aromatic heterocycles. The molecule has 0 aromatic carbocycles. The van der Waals surface area contributed by atoms with Crippen molar-refractivity contribution < 1.29 is 9.84 Å². The van der Waals surface area contributed by atoms with Crippen LogP contribution in [0.2, 0.25) is 25.7 Å². The second kappa shape index (κ2) is 7.62. The van der Waals surface area contributed by atoms with Crippen LogP contribution in [0.25, 0.3) is 0 Å². The molecule has 1 heterocycles. The first-order chi connectivity index (χ1) is 9.66. The molecule has 0 radical (unpaired) electrons.